The van der Waals surface area contributed by atoms with Crippen LogP contribution < -0.4 is 10.6 Å². The number of piperidine rings is 1. The Kier molecular flexibility index (Phi) is 8.87. The molecule has 5 nitrogen and oxygen atoms in total. The summed E-state index contributed by atoms with van der Waals surface area (Å²) in [6.07, 6.45) is 7.87. The van der Waals surface area contributed by atoms with E-state index in [-0.39, 0.29) is 24.0 Å². The van der Waals surface area contributed by atoms with E-state index < -0.39 is 0 Å². The van der Waals surface area contributed by atoms with Gasteiger partial charge in [-0.2, -0.15) is 0 Å². The summed E-state index contributed by atoms with van der Waals surface area (Å²) >= 11 is 0. The summed E-state index contributed by atoms with van der Waals surface area (Å²) in [5.41, 5.74) is 1.63. The van der Waals surface area contributed by atoms with Crippen LogP contribution in [0.4, 0.5) is 0 Å². The lowest BCUT2D eigenvalue weighted by atomic mass is 9.51. The van der Waals surface area contributed by atoms with Crippen LogP contribution in [0.2, 0.25) is 0 Å². The standard InChI is InChI=1S/C21H38N4O.HI/c1-5-22-20(23-17-8-12-25(13-9-17)15-16(3)4)24-18-14-19(26-6-2)21(18)10-7-11-21;/h17-19H,3,5-15H2,1-2,4H3,(H2,22,23,24);1H. The zero-order valence-corrected chi connectivity index (χ0v) is 19.8. The summed E-state index contributed by atoms with van der Waals surface area (Å²) < 4.78 is 5.99. The zero-order chi connectivity index (χ0) is 18.6. The Morgan fingerprint density at radius 1 is 1.22 bits per heavy atom. The normalized spacial score (nSPS) is 28.0. The first-order chi connectivity index (χ1) is 12.6. The van der Waals surface area contributed by atoms with Gasteiger partial charge in [-0.05, 0) is 52.9 Å². The second-order valence-corrected chi connectivity index (χ2v) is 8.44. The Labute approximate surface area is 182 Å². The third-order valence-corrected chi connectivity index (χ3v) is 6.49. The third-order valence-electron chi connectivity index (χ3n) is 6.49. The van der Waals surface area contributed by atoms with Crippen molar-refractivity contribution in [1.82, 2.24) is 15.5 Å². The molecular formula is C21H39IN4O. The van der Waals surface area contributed by atoms with E-state index >= 15 is 0 Å². The maximum atomic E-state index is 5.99. The largest absolute Gasteiger partial charge is 0.378 e. The Bertz CT molecular complexity index is 512. The van der Waals surface area contributed by atoms with Gasteiger partial charge in [0.15, 0.2) is 5.96 Å². The van der Waals surface area contributed by atoms with E-state index in [2.05, 4.69) is 42.9 Å². The summed E-state index contributed by atoms with van der Waals surface area (Å²) in [7, 11) is 0. The van der Waals surface area contributed by atoms with Crippen molar-refractivity contribution >= 4 is 29.9 Å². The van der Waals surface area contributed by atoms with Crippen LogP contribution in [0.15, 0.2) is 17.1 Å². The van der Waals surface area contributed by atoms with Gasteiger partial charge in [0, 0.05) is 50.3 Å². The van der Waals surface area contributed by atoms with Gasteiger partial charge in [0.25, 0.3) is 0 Å². The van der Waals surface area contributed by atoms with Gasteiger partial charge in [-0.15, -0.1) is 24.0 Å². The maximum Gasteiger partial charge on any atom is 0.191 e. The molecule has 2 unspecified atom stereocenters. The molecule has 3 aliphatic rings. The van der Waals surface area contributed by atoms with Crippen molar-refractivity contribution in [3.63, 3.8) is 0 Å². The van der Waals surface area contributed by atoms with Crippen LogP contribution >= 0.6 is 24.0 Å². The quantitative estimate of drug-likeness (QED) is 0.248. The van der Waals surface area contributed by atoms with Crippen LogP contribution in [0.1, 0.15) is 59.3 Å². The lowest BCUT2D eigenvalue weighted by molar-refractivity contribution is -0.168. The molecule has 0 bridgehead atoms. The minimum atomic E-state index is 0. The SMILES string of the molecule is C=C(C)CN1CCC(NC(=NCC)NC2CC(OCC)C23CCC3)CC1.I. The number of hydrogen-bond donors (Lipinski definition) is 2. The molecule has 0 aromatic heterocycles. The van der Waals surface area contributed by atoms with E-state index in [4.69, 9.17) is 9.73 Å². The van der Waals surface area contributed by atoms with Gasteiger partial charge in [0.05, 0.1) is 6.10 Å². The van der Waals surface area contributed by atoms with E-state index in [1.807, 2.05) is 0 Å². The Morgan fingerprint density at radius 2 is 1.93 bits per heavy atom. The third kappa shape index (κ3) is 5.38. The number of aliphatic imine (C=N–C) groups is 1. The molecule has 0 amide bonds. The van der Waals surface area contributed by atoms with Gasteiger partial charge in [-0.3, -0.25) is 9.89 Å². The zero-order valence-electron chi connectivity index (χ0n) is 17.4. The van der Waals surface area contributed by atoms with Crippen molar-refractivity contribution in [1.29, 1.82) is 0 Å². The molecule has 1 spiro atoms. The van der Waals surface area contributed by atoms with E-state index in [0.29, 0.717) is 23.6 Å². The number of hydrogen-bond acceptors (Lipinski definition) is 3. The Balaban J connectivity index is 0.00000261. The lowest BCUT2D eigenvalue weighted by Gasteiger charge is -2.61. The van der Waals surface area contributed by atoms with Crippen molar-refractivity contribution in [2.75, 3.05) is 32.8 Å². The number of guanidine groups is 1. The lowest BCUT2D eigenvalue weighted by Crippen LogP contribution is -2.69. The fourth-order valence-corrected chi connectivity index (χ4v) is 4.91. The molecule has 156 valence electrons. The molecule has 1 heterocycles. The molecule has 3 fully saturated rings. The first kappa shape index (κ1) is 22.9. The minimum Gasteiger partial charge on any atom is -0.378 e. The van der Waals surface area contributed by atoms with Gasteiger partial charge in [0.1, 0.15) is 0 Å². The van der Waals surface area contributed by atoms with Crippen molar-refractivity contribution in [3.8, 4) is 0 Å². The van der Waals surface area contributed by atoms with E-state index in [9.17, 15) is 0 Å². The molecule has 1 saturated heterocycles. The molecular weight excluding hydrogens is 451 g/mol. The predicted molar refractivity (Wildman–Crippen MR) is 124 cm³/mol. The number of likely N-dealkylation sites (tertiary alicyclic amines) is 1. The highest BCUT2D eigenvalue weighted by Gasteiger charge is 2.59. The van der Waals surface area contributed by atoms with Crippen LogP contribution in [0.5, 0.6) is 0 Å². The summed E-state index contributed by atoms with van der Waals surface area (Å²) in [6, 6.07) is 1.04. The Hall–Kier alpha value is -0.340. The molecule has 2 atom stereocenters. The van der Waals surface area contributed by atoms with E-state index in [1.54, 1.807) is 0 Å². The number of nitrogens with zero attached hydrogens (tertiary/aromatic N) is 2. The first-order valence-electron chi connectivity index (χ1n) is 10.6. The average Bonchev–Trinajstić information content (AvgIpc) is 2.53. The molecule has 2 N–H and O–H groups in total. The highest BCUT2D eigenvalue weighted by Crippen LogP contribution is 2.57. The van der Waals surface area contributed by atoms with Crippen LogP contribution in [-0.4, -0.2) is 61.8 Å². The summed E-state index contributed by atoms with van der Waals surface area (Å²) in [5, 5.41) is 7.47. The Morgan fingerprint density at radius 3 is 2.44 bits per heavy atom. The van der Waals surface area contributed by atoms with Crippen LogP contribution in [0.25, 0.3) is 0 Å². The summed E-state index contributed by atoms with van der Waals surface area (Å²) in [4.78, 5) is 7.23. The number of nitrogens with one attached hydrogen (secondary N) is 2. The van der Waals surface area contributed by atoms with Crippen molar-refractivity contribution < 1.29 is 4.74 Å². The minimum absolute atomic E-state index is 0. The number of rotatable bonds is 7. The highest BCUT2D eigenvalue weighted by molar-refractivity contribution is 14.0. The predicted octanol–water partition coefficient (Wildman–Crippen LogP) is 3.55. The monoisotopic (exact) mass is 490 g/mol. The molecule has 3 rings (SSSR count). The van der Waals surface area contributed by atoms with Crippen LogP contribution in [0, 0.1) is 5.41 Å². The average molecular weight is 490 g/mol. The molecule has 27 heavy (non-hydrogen) atoms. The molecule has 1 aliphatic heterocycles. The van der Waals surface area contributed by atoms with Gasteiger partial charge in [-0.1, -0.05) is 18.6 Å². The topological polar surface area (TPSA) is 48.9 Å². The number of ether oxygens (including phenoxy) is 1. The smallest absolute Gasteiger partial charge is 0.191 e. The fourth-order valence-electron chi connectivity index (χ4n) is 4.91. The number of halogens is 1. The van der Waals surface area contributed by atoms with Gasteiger partial charge in [-0.25, -0.2) is 0 Å². The van der Waals surface area contributed by atoms with Gasteiger partial charge in [0.2, 0.25) is 0 Å². The molecule has 6 heteroatoms. The van der Waals surface area contributed by atoms with E-state index in [0.717, 1.165) is 45.2 Å². The van der Waals surface area contributed by atoms with Crippen LogP contribution in [-0.2, 0) is 4.74 Å². The maximum absolute atomic E-state index is 5.99. The molecule has 0 aromatic carbocycles. The highest BCUT2D eigenvalue weighted by atomic mass is 127. The summed E-state index contributed by atoms with van der Waals surface area (Å²) in [6.45, 7) is 15.3. The molecule has 0 radical (unpaired) electrons. The van der Waals surface area contributed by atoms with Gasteiger partial charge >= 0.3 is 0 Å². The van der Waals surface area contributed by atoms with Crippen LogP contribution in [0.3, 0.4) is 0 Å². The van der Waals surface area contributed by atoms with Crippen molar-refractivity contribution in [3.05, 3.63) is 12.2 Å². The second-order valence-electron chi connectivity index (χ2n) is 8.44. The van der Waals surface area contributed by atoms with Crippen molar-refractivity contribution in [2.24, 2.45) is 10.4 Å². The van der Waals surface area contributed by atoms with E-state index in [1.165, 1.54) is 37.7 Å². The van der Waals surface area contributed by atoms with Crippen molar-refractivity contribution in [2.45, 2.75) is 77.5 Å². The second kappa shape index (κ2) is 10.4. The molecule has 0 aromatic rings. The first-order valence-corrected chi connectivity index (χ1v) is 10.6. The molecule has 2 saturated carbocycles. The molecule has 2 aliphatic carbocycles. The fraction of sp³-hybridized carbons (Fsp3) is 0.857. The summed E-state index contributed by atoms with van der Waals surface area (Å²) in [5.74, 6) is 1.01. The van der Waals surface area contributed by atoms with Gasteiger partial charge < -0.3 is 15.4 Å².